The molecule has 0 bridgehead atoms. The number of rotatable bonds is 2. The Bertz CT molecular complexity index is 467. The zero-order chi connectivity index (χ0) is 10.1. The smallest absolute Gasteiger partial charge is 0.138 e. The van der Waals surface area contributed by atoms with Crippen LogP contribution in [0, 0.1) is 6.92 Å². The SMILES string of the molecule is CCc1cc2c(NC)nc(C)nc2s1.[Cl-]. The van der Waals surface area contributed by atoms with Crippen LogP contribution in [0.25, 0.3) is 10.2 Å². The molecule has 5 heteroatoms. The largest absolute Gasteiger partial charge is 1.00 e. The van der Waals surface area contributed by atoms with E-state index >= 15 is 0 Å². The first kappa shape index (κ1) is 12.2. The monoisotopic (exact) mass is 242 g/mol. The van der Waals surface area contributed by atoms with Crippen LogP contribution in [0.4, 0.5) is 5.82 Å². The number of hydrogen-bond donors (Lipinski definition) is 1. The van der Waals surface area contributed by atoms with Gasteiger partial charge in [-0.15, -0.1) is 11.3 Å². The van der Waals surface area contributed by atoms with E-state index in [4.69, 9.17) is 0 Å². The predicted molar refractivity (Wildman–Crippen MR) is 61.1 cm³/mol. The lowest BCUT2D eigenvalue weighted by Crippen LogP contribution is -3.00. The molecule has 2 aromatic heterocycles. The van der Waals surface area contributed by atoms with E-state index in [2.05, 4.69) is 28.3 Å². The number of hydrogen-bond acceptors (Lipinski definition) is 4. The molecule has 0 aliphatic heterocycles. The first-order chi connectivity index (χ1) is 6.74. The van der Waals surface area contributed by atoms with E-state index in [0.717, 1.165) is 28.3 Å². The van der Waals surface area contributed by atoms with Crippen LogP contribution in [-0.2, 0) is 6.42 Å². The molecule has 0 aliphatic rings. The number of nitrogens with one attached hydrogen (secondary N) is 1. The Hall–Kier alpha value is -0.870. The summed E-state index contributed by atoms with van der Waals surface area (Å²) in [6.45, 7) is 4.08. The van der Waals surface area contributed by atoms with Gasteiger partial charge in [0.05, 0.1) is 5.39 Å². The molecule has 2 aromatic rings. The van der Waals surface area contributed by atoms with Gasteiger partial charge in [0.25, 0.3) is 0 Å². The third kappa shape index (κ3) is 2.21. The standard InChI is InChI=1S/C10H13N3S.ClH/c1-4-7-5-8-9(11-3)12-6(2)13-10(8)14-7;/h5H,4H2,1-3H3,(H,11,12,13);1H/p-1. The molecular weight excluding hydrogens is 230 g/mol. The van der Waals surface area contributed by atoms with Crippen LogP contribution < -0.4 is 17.7 Å². The average Bonchev–Trinajstić information content (AvgIpc) is 2.59. The zero-order valence-electron chi connectivity index (χ0n) is 8.97. The highest BCUT2D eigenvalue weighted by Crippen LogP contribution is 2.28. The quantitative estimate of drug-likeness (QED) is 0.780. The van der Waals surface area contributed by atoms with Crippen LogP contribution >= 0.6 is 11.3 Å². The molecule has 1 N–H and O–H groups in total. The molecule has 0 saturated heterocycles. The van der Waals surface area contributed by atoms with Gasteiger partial charge in [-0.25, -0.2) is 9.97 Å². The number of aryl methyl sites for hydroxylation is 2. The summed E-state index contributed by atoms with van der Waals surface area (Å²) < 4.78 is 0. The summed E-state index contributed by atoms with van der Waals surface area (Å²) in [5.74, 6) is 1.76. The maximum Gasteiger partial charge on any atom is 0.138 e. The van der Waals surface area contributed by atoms with Gasteiger partial charge in [-0.1, -0.05) is 6.92 Å². The second-order valence-electron chi connectivity index (χ2n) is 3.15. The summed E-state index contributed by atoms with van der Waals surface area (Å²) in [6.07, 6.45) is 1.06. The molecule has 0 spiro atoms. The molecule has 15 heavy (non-hydrogen) atoms. The minimum Gasteiger partial charge on any atom is -1.00 e. The Balaban J connectivity index is 0.00000112. The molecule has 2 rings (SSSR count). The van der Waals surface area contributed by atoms with Crippen molar-refractivity contribution in [1.82, 2.24) is 9.97 Å². The number of fused-ring (bicyclic) bond motifs is 1. The minimum atomic E-state index is 0. The Labute approximate surface area is 99.4 Å². The van der Waals surface area contributed by atoms with Crippen molar-refractivity contribution in [3.05, 3.63) is 16.8 Å². The van der Waals surface area contributed by atoms with Gasteiger partial charge in [-0.3, -0.25) is 0 Å². The van der Waals surface area contributed by atoms with Gasteiger partial charge in [0.1, 0.15) is 16.5 Å². The number of anilines is 1. The molecule has 0 atom stereocenters. The Morgan fingerprint density at radius 2 is 2.13 bits per heavy atom. The van der Waals surface area contributed by atoms with Crippen molar-refractivity contribution in [1.29, 1.82) is 0 Å². The van der Waals surface area contributed by atoms with Crippen molar-refractivity contribution >= 4 is 27.4 Å². The molecule has 0 unspecified atom stereocenters. The third-order valence-electron chi connectivity index (χ3n) is 2.14. The normalized spacial score (nSPS) is 10.1. The van der Waals surface area contributed by atoms with Gasteiger partial charge < -0.3 is 17.7 Å². The van der Waals surface area contributed by atoms with Crippen LogP contribution in [0.15, 0.2) is 6.07 Å². The number of halogens is 1. The van der Waals surface area contributed by atoms with Crippen LogP contribution in [0.2, 0.25) is 0 Å². The topological polar surface area (TPSA) is 37.8 Å². The molecule has 0 radical (unpaired) electrons. The third-order valence-corrected chi connectivity index (χ3v) is 3.31. The molecule has 0 amide bonds. The maximum atomic E-state index is 4.42. The molecule has 0 aromatic carbocycles. The zero-order valence-corrected chi connectivity index (χ0v) is 10.5. The number of aromatic nitrogens is 2. The number of nitrogens with zero attached hydrogens (tertiary/aromatic N) is 2. The molecular formula is C10H13ClN3S-. The first-order valence-electron chi connectivity index (χ1n) is 4.69. The fourth-order valence-corrected chi connectivity index (χ4v) is 2.46. The summed E-state index contributed by atoms with van der Waals surface area (Å²) in [7, 11) is 1.89. The maximum absolute atomic E-state index is 4.42. The van der Waals surface area contributed by atoms with Crippen molar-refractivity contribution in [3.63, 3.8) is 0 Å². The van der Waals surface area contributed by atoms with Crippen molar-refractivity contribution in [2.24, 2.45) is 0 Å². The molecule has 82 valence electrons. The van der Waals surface area contributed by atoms with Gasteiger partial charge in [-0.2, -0.15) is 0 Å². The van der Waals surface area contributed by atoms with Gasteiger partial charge in [0, 0.05) is 11.9 Å². The molecule has 2 heterocycles. The van der Waals surface area contributed by atoms with Gasteiger partial charge >= 0.3 is 0 Å². The lowest BCUT2D eigenvalue weighted by atomic mass is 10.3. The van der Waals surface area contributed by atoms with Crippen LogP contribution in [-0.4, -0.2) is 17.0 Å². The summed E-state index contributed by atoms with van der Waals surface area (Å²) in [5, 5.41) is 4.24. The van der Waals surface area contributed by atoms with Crippen molar-refractivity contribution in [2.45, 2.75) is 20.3 Å². The van der Waals surface area contributed by atoms with E-state index in [1.807, 2.05) is 14.0 Å². The Morgan fingerprint density at radius 1 is 1.40 bits per heavy atom. The summed E-state index contributed by atoms with van der Waals surface area (Å²) in [6, 6.07) is 2.17. The highest BCUT2D eigenvalue weighted by atomic mass is 35.5. The van der Waals surface area contributed by atoms with E-state index < -0.39 is 0 Å². The fourth-order valence-electron chi connectivity index (χ4n) is 1.44. The van der Waals surface area contributed by atoms with Crippen molar-refractivity contribution < 1.29 is 12.4 Å². The molecule has 0 aliphatic carbocycles. The molecule has 0 fully saturated rings. The van der Waals surface area contributed by atoms with E-state index in [0.29, 0.717) is 0 Å². The van der Waals surface area contributed by atoms with E-state index in [-0.39, 0.29) is 12.4 Å². The van der Waals surface area contributed by atoms with Crippen molar-refractivity contribution in [2.75, 3.05) is 12.4 Å². The fraction of sp³-hybridized carbons (Fsp3) is 0.400. The Morgan fingerprint density at radius 3 is 2.73 bits per heavy atom. The second kappa shape index (κ2) is 4.77. The highest BCUT2D eigenvalue weighted by Gasteiger charge is 2.07. The molecule has 3 nitrogen and oxygen atoms in total. The van der Waals surface area contributed by atoms with E-state index in [9.17, 15) is 0 Å². The average molecular weight is 243 g/mol. The van der Waals surface area contributed by atoms with Crippen LogP contribution in [0.1, 0.15) is 17.6 Å². The summed E-state index contributed by atoms with van der Waals surface area (Å²) in [4.78, 5) is 11.2. The Kier molecular flexibility index (Phi) is 3.88. The highest BCUT2D eigenvalue weighted by molar-refractivity contribution is 7.18. The predicted octanol–water partition coefficient (Wildman–Crippen LogP) is -0.392. The lowest BCUT2D eigenvalue weighted by Gasteiger charge is -2.00. The van der Waals surface area contributed by atoms with E-state index in [1.54, 1.807) is 11.3 Å². The summed E-state index contributed by atoms with van der Waals surface area (Å²) >= 11 is 1.75. The van der Waals surface area contributed by atoms with Gasteiger partial charge in [0.15, 0.2) is 0 Å². The van der Waals surface area contributed by atoms with Gasteiger partial charge in [-0.05, 0) is 19.4 Å². The second-order valence-corrected chi connectivity index (χ2v) is 4.27. The van der Waals surface area contributed by atoms with Gasteiger partial charge in [0.2, 0.25) is 0 Å². The lowest BCUT2D eigenvalue weighted by molar-refractivity contribution is -0.00000309. The minimum absolute atomic E-state index is 0. The first-order valence-corrected chi connectivity index (χ1v) is 5.51. The van der Waals surface area contributed by atoms with Crippen LogP contribution in [0.3, 0.4) is 0 Å². The van der Waals surface area contributed by atoms with E-state index in [1.165, 1.54) is 4.88 Å². The number of thiophene rings is 1. The van der Waals surface area contributed by atoms with Crippen molar-refractivity contribution in [3.8, 4) is 0 Å². The molecule has 0 saturated carbocycles. The van der Waals surface area contributed by atoms with Crippen LogP contribution in [0.5, 0.6) is 0 Å². The summed E-state index contributed by atoms with van der Waals surface area (Å²) in [5.41, 5.74) is 0.